The van der Waals surface area contributed by atoms with Gasteiger partial charge in [0.25, 0.3) is 0 Å². The highest BCUT2D eigenvalue weighted by Crippen LogP contribution is 1.91. The molecule has 0 fully saturated rings. The summed E-state index contributed by atoms with van der Waals surface area (Å²) in [6.07, 6.45) is 0. The van der Waals surface area contributed by atoms with E-state index in [4.69, 9.17) is 0 Å². The summed E-state index contributed by atoms with van der Waals surface area (Å²) in [7, 11) is -2.07. The van der Waals surface area contributed by atoms with Gasteiger partial charge in [0.15, 0.2) is 4.33 Å². The third kappa shape index (κ3) is 1.61. The fraction of sp³-hybridized carbons (Fsp3) is 1.00. The van der Waals surface area contributed by atoms with Crippen LogP contribution in [-0.2, 0) is 10.2 Å². The minimum Gasteiger partial charge on any atom is -0.246 e. The van der Waals surface area contributed by atoms with Gasteiger partial charge in [-0.15, -0.1) is 12.7 Å². The molecule has 0 aliphatic heterocycles. The molecule has 54 valence electrons. The summed E-state index contributed by atoms with van der Waals surface area (Å²) in [5.41, 5.74) is 0. The second-order valence-corrected chi connectivity index (χ2v) is 3.41. The van der Waals surface area contributed by atoms with Crippen LogP contribution in [-0.4, -0.2) is 31.1 Å². The number of rotatable bonds is 2. The fourth-order valence-electron chi connectivity index (χ4n) is 0.133. The molecule has 6 nitrogen and oxygen atoms in total. The van der Waals surface area contributed by atoms with Crippen LogP contribution in [0, 0.1) is 10.1 Å². The Morgan fingerprint density at radius 1 is 1.44 bits per heavy atom. The molecule has 0 aliphatic rings. The lowest BCUT2D eigenvalue weighted by Gasteiger charge is -1.99. The van der Waals surface area contributed by atoms with Crippen molar-refractivity contribution in [1.82, 2.24) is 4.31 Å². The molecule has 0 heterocycles. The molecule has 0 saturated carbocycles. The van der Waals surface area contributed by atoms with Crippen LogP contribution in [0.3, 0.4) is 0 Å². The van der Waals surface area contributed by atoms with E-state index < -0.39 is 14.5 Å². The maximum atomic E-state index is 10.3. The number of nitrogens with zero attached hydrogens (tertiary/aromatic N) is 2. The summed E-state index contributed by atoms with van der Waals surface area (Å²) >= 11 is 0. The van der Waals surface area contributed by atoms with Crippen molar-refractivity contribution in [2.45, 2.75) is 0 Å². The van der Waals surface area contributed by atoms with E-state index in [1.165, 1.54) is 0 Å². The zero-order valence-electron chi connectivity index (χ0n) is 4.94. The molecule has 0 rings (SSSR count). The third-order valence-electron chi connectivity index (χ3n) is 0.650. The van der Waals surface area contributed by atoms with E-state index in [1.807, 2.05) is 0 Å². The van der Waals surface area contributed by atoms with Crippen molar-refractivity contribution in [3.8, 4) is 0 Å². The fourth-order valence-corrected chi connectivity index (χ4v) is 0.400. The van der Waals surface area contributed by atoms with Gasteiger partial charge in [-0.25, -0.2) is 10.1 Å². The standard InChI is InChI=1S/C2H6N2O4S/c1-3(2)9(7,8)4(5)6/h1-2H3. The van der Waals surface area contributed by atoms with E-state index in [0.29, 0.717) is 4.31 Å². The van der Waals surface area contributed by atoms with Crippen LogP contribution in [0.25, 0.3) is 0 Å². The molecule has 7 heteroatoms. The second kappa shape index (κ2) is 2.28. The van der Waals surface area contributed by atoms with E-state index in [0.717, 1.165) is 14.1 Å². The summed E-state index contributed by atoms with van der Waals surface area (Å²) < 4.78 is 19.7. The highest BCUT2D eigenvalue weighted by atomic mass is 32.2. The highest BCUT2D eigenvalue weighted by molar-refractivity contribution is 7.82. The normalized spacial score (nSPS) is 11.9. The smallest absolute Gasteiger partial charge is 0.246 e. The first-order valence-electron chi connectivity index (χ1n) is 1.96. The van der Waals surface area contributed by atoms with Gasteiger partial charge in [0.2, 0.25) is 0 Å². The molecule has 0 aromatic carbocycles. The summed E-state index contributed by atoms with van der Waals surface area (Å²) in [4.78, 5) is 9.64. The SMILES string of the molecule is CN(C)S(=O)(=O)[N+](=O)[O-]. The van der Waals surface area contributed by atoms with Gasteiger partial charge in [-0.2, -0.15) is 0 Å². The summed E-state index contributed by atoms with van der Waals surface area (Å²) in [5.74, 6) is 0. The van der Waals surface area contributed by atoms with E-state index in [-0.39, 0.29) is 0 Å². The van der Waals surface area contributed by atoms with Crippen LogP contribution in [0.4, 0.5) is 0 Å². The molecule has 0 radical (unpaired) electrons. The zero-order chi connectivity index (χ0) is 7.65. The zero-order valence-corrected chi connectivity index (χ0v) is 5.75. The second-order valence-electron chi connectivity index (χ2n) is 1.48. The van der Waals surface area contributed by atoms with Crippen LogP contribution in [0.15, 0.2) is 0 Å². The van der Waals surface area contributed by atoms with Gasteiger partial charge in [-0.3, -0.25) is 0 Å². The van der Waals surface area contributed by atoms with Crippen molar-refractivity contribution in [3.63, 3.8) is 0 Å². The first-order chi connectivity index (χ1) is 3.89. The van der Waals surface area contributed by atoms with Crippen molar-refractivity contribution in [3.05, 3.63) is 10.1 Å². The Bertz CT molecular complexity index is 205. The van der Waals surface area contributed by atoms with Gasteiger partial charge >= 0.3 is 10.2 Å². The molecule has 0 bridgehead atoms. The van der Waals surface area contributed by atoms with Gasteiger partial charge in [-0.1, -0.05) is 0 Å². The van der Waals surface area contributed by atoms with Gasteiger partial charge in [0, 0.05) is 14.1 Å². The number of hydrogen-bond donors (Lipinski definition) is 0. The van der Waals surface area contributed by atoms with Gasteiger partial charge in [-0.05, 0) is 0 Å². The molecular formula is C2H6N2O4S. The lowest BCUT2D eigenvalue weighted by Crippen LogP contribution is -2.28. The van der Waals surface area contributed by atoms with Crippen molar-refractivity contribution in [2.24, 2.45) is 0 Å². The largest absolute Gasteiger partial charge is 0.497 e. The molecule has 0 N–H and O–H groups in total. The molecule has 9 heavy (non-hydrogen) atoms. The molecule has 0 aromatic rings. The molecule has 0 saturated heterocycles. The molecule has 0 spiro atoms. The van der Waals surface area contributed by atoms with Crippen LogP contribution >= 0.6 is 0 Å². The highest BCUT2D eigenvalue weighted by Gasteiger charge is 2.26. The maximum Gasteiger partial charge on any atom is 0.497 e. The Morgan fingerprint density at radius 3 is 1.78 bits per heavy atom. The van der Waals surface area contributed by atoms with Crippen LogP contribution in [0.1, 0.15) is 0 Å². The van der Waals surface area contributed by atoms with Crippen LogP contribution in [0.2, 0.25) is 0 Å². The van der Waals surface area contributed by atoms with Crippen LogP contribution < -0.4 is 0 Å². The molecule has 0 aromatic heterocycles. The average Bonchev–Trinajstić information content (AvgIpc) is 1.65. The summed E-state index contributed by atoms with van der Waals surface area (Å²) in [5, 5.41) is 9.64. The molecule has 0 amide bonds. The predicted octanol–water partition coefficient (Wildman–Crippen LogP) is -0.930. The predicted molar refractivity (Wildman–Crippen MR) is 29.6 cm³/mol. The molecule has 0 atom stereocenters. The van der Waals surface area contributed by atoms with Gasteiger partial charge in [0.1, 0.15) is 0 Å². The topological polar surface area (TPSA) is 80.5 Å². The van der Waals surface area contributed by atoms with Gasteiger partial charge in [0.05, 0.1) is 0 Å². The van der Waals surface area contributed by atoms with E-state index in [9.17, 15) is 18.5 Å². The minimum absolute atomic E-state index is 0.535. The Kier molecular flexibility index (Phi) is 2.10. The Morgan fingerprint density at radius 2 is 1.78 bits per heavy atom. The van der Waals surface area contributed by atoms with E-state index in [1.54, 1.807) is 0 Å². The van der Waals surface area contributed by atoms with Crippen molar-refractivity contribution in [1.29, 1.82) is 0 Å². The van der Waals surface area contributed by atoms with Crippen molar-refractivity contribution >= 4 is 10.2 Å². The molecule has 0 unspecified atom stereocenters. The monoisotopic (exact) mass is 154 g/mol. The van der Waals surface area contributed by atoms with E-state index in [2.05, 4.69) is 0 Å². The Labute approximate surface area is 52.4 Å². The number of nitro groups is 1. The number of hydrogen-bond acceptors (Lipinski definition) is 4. The van der Waals surface area contributed by atoms with Crippen molar-refractivity contribution < 1.29 is 12.7 Å². The summed E-state index contributed by atoms with van der Waals surface area (Å²) in [6.45, 7) is 0. The third-order valence-corrected chi connectivity index (χ3v) is 1.95. The van der Waals surface area contributed by atoms with Crippen molar-refractivity contribution in [2.75, 3.05) is 14.1 Å². The van der Waals surface area contributed by atoms with Gasteiger partial charge < -0.3 is 0 Å². The molecular weight excluding hydrogens is 148 g/mol. The average molecular weight is 154 g/mol. The first-order valence-corrected chi connectivity index (χ1v) is 3.36. The summed E-state index contributed by atoms with van der Waals surface area (Å²) in [6, 6.07) is 0. The quantitative estimate of drug-likeness (QED) is 0.380. The lowest BCUT2D eigenvalue weighted by atomic mass is 11.3. The minimum atomic E-state index is -4.26. The van der Waals surface area contributed by atoms with E-state index >= 15 is 0 Å². The molecule has 0 aliphatic carbocycles. The lowest BCUT2D eigenvalue weighted by molar-refractivity contribution is -0.311. The maximum absolute atomic E-state index is 10.3. The van der Waals surface area contributed by atoms with Crippen LogP contribution in [0.5, 0.6) is 0 Å². The Balaban J connectivity index is 4.63. The Hall–Kier alpha value is -0.690. The first kappa shape index (κ1) is 8.31.